The first-order valence-corrected chi connectivity index (χ1v) is 6.18. The average molecular weight is 266 g/mol. The van der Waals surface area contributed by atoms with Gasteiger partial charge in [0.15, 0.2) is 0 Å². The van der Waals surface area contributed by atoms with Gasteiger partial charge in [0.25, 0.3) is 0 Å². The molecule has 5 nitrogen and oxygen atoms in total. The largest absolute Gasteiger partial charge is 0.325 e. The maximum Gasteiger partial charge on any atom is 0.131 e. The van der Waals surface area contributed by atoms with Crippen molar-refractivity contribution in [3.8, 4) is 5.69 Å². The molecule has 0 aliphatic carbocycles. The monoisotopic (exact) mass is 265 g/mol. The lowest BCUT2D eigenvalue weighted by Gasteiger charge is -2.10. The molecule has 0 aromatic carbocycles. The van der Waals surface area contributed by atoms with Gasteiger partial charge in [-0.25, -0.2) is 14.6 Å². The number of nitrogens with zero attached hydrogens (tertiary/aromatic N) is 4. The van der Waals surface area contributed by atoms with E-state index in [9.17, 15) is 0 Å². The first-order valence-electron chi connectivity index (χ1n) is 5.81. The van der Waals surface area contributed by atoms with Crippen LogP contribution in [-0.4, -0.2) is 19.7 Å². The number of nitrogens with two attached hydrogens (primary N) is 1. The van der Waals surface area contributed by atoms with Crippen LogP contribution in [0.25, 0.3) is 5.69 Å². The Morgan fingerprint density at radius 1 is 1.44 bits per heavy atom. The van der Waals surface area contributed by atoms with Gasteiger partial charge >= 0.3 is 0 Å². The molecule has 6 heteroatoms. The fourth-order valence-electron chi connectivity index (χ4n) is 1.61. The van der Waals surface area contributed by atoms with Crippen LogP contribution in [0.2, 0.25) is 5.02 Å². The summed E-state index contributed by atoms with van der Waals surface area (Å²) in [5, 5.41) is 4.93. The zero-order chi connectivity index (χ0) is 13.3. The summed E-state index contributed by atoms with van der Waals surface area (Å²) in [6, 6.07) is 0. The molecule has 2 N–H and O–H groups in total. The summed E-state index contributed by atoms with van der Waals surface area (Å²) in [6.07, 6.45) is 3.48. The smallest absolute Gasteiger partial charge is 0.131 e. The minimum absolute atomic E-state index is 0.271. The minimum Gasteiger partial charge on any atom is -0.325 e. The van der Waals surface area contributed by atoms with E-state index in [1.54, 1.807) is 17.1 Å². The first kappa shape index (κ1) is 13.0. The second-order valence-electron chi connectivity index (χ2n) is 4.43. The number of aromatic nitrogens is 4. The van der Waals surface area contributed by atoms with Crippen LogP contribution in [0.3, 0.4) is 0 Å². The van der Waals surface area contributed by atoms with Crippen molar-refractivity contribution in [1.82, 2.24) is 19.7 Å². The molecule has 0 saturated heterocycles. The topological polar surface area (TPSA) is 69.6 Å². The van der Waals surface area contributed by atoms with Crippen LogP contribution in [0.1, 0.15) is 37.0 Å². The normalized spacial score (nSPS) is 11.2. The summed E-state index contributed by atoms with van der Waals surface area (Å²) >= 11 is 6.00. The number of aryl methyl sites for hydroxylation is 1. The van der Waals surface area contributed by atoms with Gasteiger partial charge in [0, 0.05) is 18.7 Å². The second-order valence-corrected chi connectivity index (χ2v) is 4.83. The lowest BCUT2D eigenvalue weighted by Crippen LogP contribution is -2.11. The molecule has 0 aliphatic heterocycles. The Balaban J connectivity index is 2.50. The molecule has 2 aromatic heterocycles. The maximum absolute atomic E-state index is 6.00. The molecule has 2 rings (SSSR count). The van der Waals surface area contributed by atoms with Crippen molar-refractivity contribution in [2.24, 2.45) is 5.73 Å². The van der Waals surface area contributed by atoms with Crippen molar-refractivity contribution in [2.75, 3.05) is 0 Å². The Morgan fingerprint density at radius 2 is 2.17 bits per heavy atom. The molecular formula is C12H16ClN5. The molecule has 0 amide bonds. The van der Waals surface area contributed by atoms with Gasteiger partial charge in [-0.05, 0) is 6.92 Å². The molecule has 0 unspecified atom stereocenters. The minimum atomic E-state index is 0.271. The quantitative estimate of drug-likeness (QED) is 0.924. The molecule has 96 valence electrons. The molecule has 0 radical (unpaired) electrons. The van der Waals surface area contributed by atoms with E-state index in [2.05, 4.69) is 15.1 Å². The van der Waals surface area contributed by atoms with E-state index in [1.165, 1.54) is 0 Å². The average Bonchev–Trinajstić information content (AvgIpc) is 2.68. The highest BCUT2D eigenvalue weighted by atomic mass is 35.5. The van der Waals surface area contributed by atoms with E-state index < -0.39 is 0 Å². The molecular weight excluding hydrogens is 250 g/mol. The van der Waals surface area contributed by atoms with E-state index in [1.807, 2.05) is 20.8 Å². The lowest BCUT2D eigenvalue weighted by atomic mass is 10.2. The summed E-state index contributed by atoms with van der Waals surface area (Å²) in [7, 11) is 0. The van der Waals surface area contributed by atoms with Crippen LogP contribution < -0.4 is 5.73 Å². The number of halogens is 1. The van der Waals surface area contributed by atoms with Crippen LogP contribution in [0, 0.1) is 6.92 Å². The van der Waals surface area contributed by atoms with E-state index in [4.69, 9.17) is 17.3 Å². The Kier molecular flexibility index (Phi) is 3.63. The Morgan fingerprint density at radius 3 is 2.67 bits per heavy atom. The van der Waals surface area contributed by atoms with Gasteiger partial charge in [-0.1, -0.05) is 25.4 Å². The van der Waals surface area contributed by atoms with E-state index in [0.717, 1.165) is 22.9 Å². The van der Waals surface area contributed by atoms with Gasteiger partial charge in [-0.15, -0.1) is 0 Å². The van der Waals surface area contributed by atoms with Crippen molar-refractivity contribution >= 4 is 11.6 Å². The third kappa shape index (κ3) is 2.37. The Bertz CT molecular complexity index is 542. The van der Waals surface area contributed by atoms with Gasteiger partial charge in [-0.3, -0.25) is 0 Å². The molecule has 0 saturated carbocycles. The summed E-state index contributed by atoms with van der Waals surface area (Å²) in [5.74, 6) is 1.06. The summed E-state index contributed by atoms with van der Waals surface area (Å²) in [6.45, 7) is 6.28. The molecule has 0 spiro atoms. The first-order chi connectivity index (χ1) is 8.52. The van der Waals surface area contributed by atoms with Crippen molar-refractivity contribution < 1.29 is 0 Å². The summed E-state index contributed by atoms with van der Waals surface area (Å²) in [5.41, 5.74) is 8.05. The maximum atomic E-state index is 6.00. The lowest BCUT2D eigenvalue weighted by molar-refractivity contribution is 0.736. The number of hydrogen-bond donors (Lipinski definition) is 1. The highest BCUT2D eigenvalue weighted by Gasteiger charge is 2.12. The molecule has 2 heterocycles. The van der Waals surface area contributed by atoms with Crippen molar-refractivity contribution in [2.45, 2.75) is 33.2 Å². The highest BCUT2D eigenvalue weighted by molar-refractivity contribution is 6.31. The fraction of sp³-hybridized carbons (Fsp3) is 0.417. The van der Waals surface area contributed by atoms with Gasteiger partial charge in [0.05, 0.1) is 22.6 Å². The van der Waals surface area contributed by atoms with Gasteiger partial charge in [-0.2, -0.15) is 5.10 Å². The number of hydrogen-bond acceptors (Lipinski definition) is 4. The third-order valence-corrected chi connectivity index (χ3v) is 3.03. The van der Waals surface area contributed by atoms with Gasteiger partial charge < -0.3 is 5.73 Å². The van der Waals surface area contributed by atoms with E-state index in [-0.39, 0.29) is 5.92 Å². The molecule has 2 aromatic rings. The second kappa shape index (κ2) is 5.04. The summed E-state index contributed by atoms with van der Waals surface area (Å²) in [4.78, 5) is 8.80. The Hall–Kier alpha value is -1.46. The van der Waals surface area contributed by atoms with E-state index >= 15 is 0 Å². The zero-order valence-corrected chi connectivity index (χ0v) is 11.4. The van der Waals surface area contributed by atoms with Crippen molar-refractivity contribution in [3.63, 3.8) is 0 Å². The summed E-state index contributed by atoms with van der Waals surface area (Å²) < 4.78 is 1.67. The molecule has 0 aliphatic rings. The number of rotatable bonds is 3. The van der Waals surface area contributed by atoms with Crippen LogP contribution in [0.4, 0.5) is 0 Å². The van der Waals surface area contributed by atoms with Crippen LogP contribution in [0.5, 0.6) is 0 Å². The third-order valence-electron chi connectivity index (χ3n) is 2.66. The standard InChI is InChI=1S/C12H16ClN5/c1-7(2)12-15-5-11(10(4-14)16-12)18-6-9(13)8(3)17-18/h5-7H,4,14H2,1-3H3. The van der Waals surface area contributed by atoms with Crippen LogP contribution in [0.15, 0.2) is 12.4 Å². The molecule has 0 bridgehead atoms. The van der Waals surface area contributed by atoms with Gasteiger partial charge in [0.2, 0.25) is 0 Å². The molecule has 0 atom stereocenters. The van der Waals surface area contributed by atoms with E-state index in [0.29, 0.717) is 11.6 Å². The highest BCUT2D eigenvalue weighted by Crippen LogP contribution is 2.19. The molecule has 0 fully saturated rings. The SMILES string of the molecule is Cc1nn(-c2cnc(C(C)C)nc2CN)cc1Cl. The Labute approximate surface area is 111 Å². The van der Waals surface area contributed by atoms with Crippen LogP contribution >= 0.6 is 11.6 Å². The van der Waals surface area contributed by atoms with Crippen molar-refractivity contribution in [1.29, 1.82) is 0 Å². The zero-order valence-electron chi connectivity index (χ0n) is 10.7. The fourth-order valence-corrected chi connectivity index (χ4v) is 1.74. The van der Waals surface area contributed by atoms with Gasteiger partial charge in [0.1, 0.15) is 11.5 Å². The molecule has 18 heavy (non-hydrogen) atoms. The predicted octanol–water partition coefficient (Wildman–Crippen LogP) is 2.21. The predicted molar refractivity (Wildman–Crippen MR) is 70.9 cm³/mol. The van der Waals surface area contributed by atoms with Crippen LogP contribution in [-0.2, 0) is 6.54 Å². The van der Waals surface area contributed by atoms with Crippen molar-refractivity contribution in [3.05, 3.63) is 34.6 Å².